The molecular weight excluding hydrogens is 612 g/mol. The van der Waals surface area contributed by atoms with E-state index >= 15 is 0 Å². The molecule has 0 bridgehead atoms. The summed E-state index contributed by atoms with van der Waals surface area (Å²) in [4.78, 5) is 32.0. The number of halogens is 2. The highest BCUT2D eigenvalue weighted by Gasteiger charge is 2.33. The van der Waals surface area contributed by atoms with Crippen molar-refractivity contribution in [3.63, 3.8) is 0 Å². The number of rotatable bonds is 7. The highest BCUT2D eigenvalue weighted by Crippen LogP contribution is 2.34. The number of allylic oxidation sites excluding steroid dienone is 1. The Kier molecular flexibility index (Phi) is 8.17. The molecular formula is C26H24Br2N2O5S. The van der Waals surface area contributed by atoms with Crippen LogP contribution in [0.1, 0.15) is 37.9 Å². The predicted molar refractivity (Wildman–Crippen MR) is 146 cm³/mol. The van der Waals surface area contributed by atoms with Gasteiger partial charge in [-0.25, -0.2) is 9.79 Å². The molecule has 0 spiro atoms. The fraction of sp³-hybridized carbons (Fsp3) is 0.269. The standard InChI is InChI=1S/C26H24Br2N2O5S/c1-5-34-23-16(11-17(27)13-19(23)28)12-20-24(31)30-22(15-7-9-18(33-4)10-8-15)21(25(32)35-6-2)14(3)29-26(30)36-20/h7-13,22H,5-6H2,1-4H3/b20-12-/t22-/m1/s1. The molecule has 2 heterocycles. The minimum atomic E-state index is -0.686. The molecule has 0 radical (unpaired) electrons. The second-order valence-electron chi connectivity index (χ2n) is 7.81. The van der Waals surface area contributed by atoms with Crippen LogP contribution in [0, 0.1) is 0 Å². The molecule has 1 aliphatic rings. The Morgan fingerprint density at radius 2 is 1.89 bits per heavy atom. The third-order valence-corrected chi connectivity index (χ3v) is 7.59. The summed E-state index contributed by atoms with van der Waals surface area (Å²) in [5.41, 5.74) is 2.09. The van der Waals surface area contributed by atoms with Gasteiger partial charge in [-0.3, -0.25) is 9.36 Å². The molecule has 0 saturated carbocycles. The first-order valence-corrected chi connectivity index (χ1v) is 13.6. The number of fused-ring (bicyclic) bond motifs is 1. The van der Waals surface area contributed by atoms with Crippen LogP contribution in [0.5, 0.6) is 11.5 Å². The van der Waals surface area contributed by atoms with Crippen molar-refractivity contribution in [1.82, 2.24) is 4.57 Å². The predicted octanol–water partition coefficient (Wildman–Crippen LogP) is 4.73. The zero-order valence-corrected chi connectivity index (χ0v) is 24.1. The van der Waals surface area contributed by atoms with E-state index in [1.165, 1.54) is 11.3 Å². The van der Waals surface area contributed by atoms with E-state index < -0.39 is 12.0 Å². The molecule has 2 aromatic carbocycles. The van der Waals surface area contributed by atoms with Crippen LogP contribution in [-0.2, 0) is 9.53 Å². The van der Waals surface area contributed by atoms with Gasteiger partial charge in [0.25, 0.3) is 5.56 Å². The van der Waals surface area contributed by atoms with Crippen LogP contribution < -0.4 is 24.4 Å². The van der Waals surface area contributed by atoms with Gasteiger partial charge >= 0.3 is 5.97 Å². The van der Waals surface area contributed by atoms with Gasteiger partial charge in [0, 0.05) is 10.0 Å². The number of thiazole rings is 1. The van der Waals surface area contributed by atoms with Gasteiger partial charge in [0.2, 0.25) is 0 Å². The number of carbonyl (C=O) groups excluding carboxylic acids is 1. The largest absolute Gasteiger partial charge is 0.497 e. The van der Waals surface area contributed by atoms with Crippen molar-refractivity contribution in [2.75, 3.05) is 20.3 Å². The fourth-order valence-corrected chi connectivity index (χ4v) is 6.43. The van der Waals surface area contributed by atoms with E-state index in [2.05, 4.69) is 36.9 Å². The molecule has 0 saturated heterocycles. The summed E-state index contributed by atoms with van der Waals surface area (Å²) in [5.74, 6) is 0.818. The molecule has 10 heteroatoms. The maximum atomic E-state index is 13.8. The SMILES string of the molecule is CCOC(=O)C1=C(C)N=c2s/c(=C\c3cc(Br)cc(Br)c3OCC)c(=O)n2[C@@H]1c1ccc(OC)cc1. The van der Waals surface area contributed by atoms with E-state index in [-0.39, 0.29) is 12.2 Å². The van der Waals surface area contributed by atoms with Gasteiger partial charge in [-0.2, -0.15) is 0 Å². The van der Waals surface area contributed by atoms with Gasteiger partial charge in [0.05, 0.1) is 46.6 Å². The van der Waals surface area contributed by atoms with E-state index in [4.69, 9.17) is 14.2 Å². The average molecular weight is 636 g/mol. The van der Waals surface area contributed by atoms with E-state index in [0.29, 0.717) is 38.7 Å². The third kappa shape index (κ3) is 5.07. The summed E-state index contributed by atoms with van der Waals surface area (Å²) >= 11 is 8.32. The number of esters is 1. The molecule has 0 amide bonds. The highest BCUT2D eigenvalue weighted by molar-refractivity contribution is 9.11. The van der Waals surface area contributed by atoms with Crippen LogP contribution in [0.2, 0.25) is 0 Å². The normalized spacial score (nSPS) is 15.4. The van der Waals surface area contributed by atoms with Crippen LogP contribution in [0.3, 0.4) is 0 Å². The van der Waals surface area contributed by atoms with Crippen molar-refractivity contribution in [2.24, 2.45) is 4.99 Å². The Morgan fingerprint density at radius 3 is 2.53 bits per heavy atom. The lowest BCUT2D eigenvalue weighted by Gasteiger charge is -2.24. The molecule has 1 aliphatic heterocycles. The summed E-state index contributed by atoms with van der Waals surface area (Å²) in [6, 6.07) is 10.4. The Bertz CT molecular complexity index is 1520. The third-order valence-electron chi connectivity index (χ3n) is 5.56. The second kappa shape index (κ2) is 11.1. The van der Waals surface area contributed by atoms with E-state index in [1.807, 2.05) is 31.2 Å². The lowest BCUT2D eigenvalue weighted by molar-refractivity contribution is -0.139. The minimum Gasteiger partial charge on any atom is -0.497 e. The van der Waals surface area contributed by atoms with Gasteiger partial charge in [-0.1, -0.05) is 39.4 Å². The lowest BCUT2D eigenvalue weighted by atomic mass is 9.96. The van der Waals surface area contributed by atoms with E-state index in [9.17, 15) is 9.59 Å². The summed E-state index contributed by atoms with van der Waals surface area (Å²) in [7, 11) is 1.59. The first-order valence-electron chi connectivity index (χ1n) is 11.2. The quantitative estimate of drug-likeness (QED) is 0.351. The average Bonchev–Trinajstić information content (AvgIpc) is 3.14. The van der Waals surface area contributed by atoms with Crippen molar-refractivity contribution >= 4 is 55.2 Å². The molecule has 0 aliphatic carbocycles. The number of benzene rings is 2. The zero-order chi connectivity index (χ0) is 26.0. The zero-order valence-electron chi connectivity index (χ0n) is 20.1. The number of hydrogen-bond donors (Lipinski definition) is 0. The Hall–Kier alpha value is -2.69. The number of ether oxygens (including phenoxy) is 3. The fourth-order valence-electron chi connectivity index (χ4n) is 4.02. The van der Waals surface area contributed by atoms with Crippen LogP contribution in [-0.4, -0.2) is 30.9 Å². The Balaban J connectivity index is 1.96. The molecule has 4 rings (SSSR count). The number of nitrogens with zero attached hydrogens (tertiary/aromatic N) is 2. The molecule has 36 heavy (non-hydrogen) atoms. The van der Waals surface area contributed by atoms with Crippen LogP contribution in [0.25, 0.3) is 6.08 Å². The van der Waals surface area contributed by atoms with Gasteiger partial charge < -0.3 is 14.2 Å². The number of carbonyl (C=O) groups is 1. The monoisotopic (exact) mass is 634 g/mol. The molecule has 0 fully saturated rings. The summed E-state index contributed by atoms with van der Waals surface area (Å²) < 4.78 is 20.1. The summed E-state index contributed by atoms with van der Waals surface area (Å²) in [6.45, 7) is 6.10. The smallest absolute Gasteiger partial charge is 0.338 e. The maximum Gasteiger partial charge on any atom is 0.338 e. The Labute approximate surface area is 229 Å². The van der Waals surface area contributed by atoms with Gasteiger partial charge in [-0.15, -0.1) is 0 Å². The topological polar surface area (TPSA) is 79.1 Å². The molecule has 7 nitrogen and oxygen atoms in total. The van der Waals surface area contributed by atoms with Gasteiger partial charge in [0.15, 0.2) is 4.80 Å². The molecule has 0 unspecified atom stereocenters. The summed E-state index contributed by atoms with van der Waals surface area (Å²) in [6.07, 6.45) is 1.79. The molecule has 188 valence electrons. The number of methoxy groups -OCH3 is 1. The van der Waals surface area contributed by atoms with Crippen molar-refractivity contribution in [3.05, 3.63) is 87.4 Å². The van der Waals surface area contributed by atoms with Crippen molar-refractivity contribution in [1.29, 1.82) is 0 Å². The van der Waals surface area contributed by atoms with Crippen molar-refractivity contribution in [3.8, 4) is 11.5 Å². The van der Waals surface area contributed by atoms with Crippen molar-refractivity contribution < 1.29 is 19.0 Å². The molecule has 0 N–H and O–H groups in total. The molecule has 1 aromatic heterocycles. The number of aromatic nitrogens is 1. The molecule has 3 aromatic rings. The summed E-state index contributed by atoms with van der Waals surface area (Å²) in [5, 5.41) is 0. The molecule has 1 atom stereocenters. The number of hydrogen-bond acceptors (Lipinski definition) is 7. The minimum absolute atomic E-state index is 0.216. The van der Waals surface area contributed by atoms with E-state index in [1.54, 1.807) is 43.7 Å². The van der Waals surface area contributed by atoms with Crippen LogP contribution in [0.4, 0.5) is 0 Å². The van der Waals surface area contributed by atoms with Crippen LogP contribution >= 0.6 is 43.2 Å². The Morgan fingerprint density at radius 1 is 1.17 bits per heavy atom. The highest BCUT2D eigenvalue weighted by atomic mass is 79.9. The van der Waals surface area contributed by atoms with Crippen LogP contribution in [0.15, 0.2) is 66.4 Å². The maximum absolute atomic E-state index is 13.8. The first-order chi connectivity index (χ1) is 17.3. The van der Waals surface area contributed by atoms with Crippen molar-refractivity contribution in [2.45, 2.75) is 26.8 Å². The van der Waals surface area contributed by atoms with E-state index in [0.717, 1.165) is 20.1 Å². The van der Waals surface area contributed by atoms with Gasteiger partial charge in [-0.05, 0) is 72.6 Å². The van der Waals surface area contributed by atoms with Gasteiger partial charge in [0.1, 0.15) is 11.5 Å². The first kappa shape index (κ1) is 26.4. The lowest BCUT2D eigenvalue weighted by Crippen LogP contribution is -2.39. The second-order valence-corrected chi connectivity index (χ2v) is 10.6.